The summed E-state index contributed by atoms with van der Waals surface area (Å²) in [6.45, 7) is -0.658. The van der Waals surface area contributed by atoms with Crippen LogP contribution in [0.1, 0.15) is 0 Å². The minimum Gasteiger partial charge on any atom is -0.369 e. The van der Waals surface area contributed by atoms with Gasteiger partial charge in [0.2, 0.25) is 17.7 Å². The highest BCUT2D eigenvalue weighted by molar-refractivity contribution is 5.82. The first-order chi connectivity index (χ1) is 6.45. The first-order valence-electron chi connectivity index (χ1n) is 3.74. The largest absolute Gasteiger partial charge is 0.369 e. The molecular formula is C6H13N5O3. The molecule has 0 aromatic carbocycles. The van der Waals surface area contributed by atoms with Crippen molar-refractivity contribution in [2.24, 2.45) is 17.3 Å². The van der Waals surface area contributed by atoms with Crippen LogP contribution in [0.15, 0.2) is 0 Å². The Morgan fingerprint density at radius 1 is 1.00 bits per heavy atom. The zero-order chi connectivity index (χ0) is 11.1. The van der Waals surface area contributed by atoms with Crippen LogP contribution in [-0.2, 0) is 14.4 Å². The second-order valence-corrected chi connectivity index (χ2v) is 2.65. The highest BCUT2D eigenvalue weighted by atomic mass is 16.2. The predicted octanol–water partition coefficient (Wildman–Crippen LogP) is -3.75. The van der Waals surface area contributed by atoms with E-state index >= 15 is 0 Å². The molecule has 0 aliphatic rings. The van der Waals surface area contributed by atoms with Crippen LogP contribution in [-0.4, -0.2) is 42.3 Å². The van der Waals surface area contributed by atoms with Crippen LogP contribution in [0.4, 0.5) is 0 Å². The maximum Gasteiger partial charge on any atom is 0.248 e. The number of nitrogens with zero attached hydrogens (tertiary/aromatic N) is 1. The molecule has 7 N–H and O–H groups in total. The fourth-order valence-electron chi connectivity index (χ4n) is 0.857. The second kappa shape index (κ2) is 5.89. The van der Waals surface area contributed by atoms with Crippen molar-refractivity contribution < 1.29 is 14.4 Å². The summed E-state index contributed by atoms with van der Waals surface area (Å²) in [5.74, 6) is 2.98. The maximum atomic E-state index is 10.8. The summed E-state index contributed by atoms with van der Waals surface area (Å²) < 4.78 is 0. The summed E-state index contributed by atoms with van der Waals surface area (Å²) in [5.41, 5.74) is 11.6. The number of nitrogens with two attached hydrogens (primary N) is 3. The minimum atomic E-state index is -0.656. The van der Waals surface area contributed by atoms with E-state index in [2.05, 4.69) is 0 Å². The quantitative estimate of drug-likeness (QED) is 0.199. The van der Waals surface area contributed by atoms with Crippen molar-refractivity contribution in [2.75, 3.05) is 19.6 Å². The normalized spacial score (nSPS) is 9.86. The summed E-state index contributed by atoms with van der Waals surface area (Å²) in [6.07, 6.45) is 0. The standard InChI is InChI=1S/C6H13N5O3/c7-4(12)1-11(2-5(8)13)3-6(14)10-9/h1-3,9H2,(H2,7,12)(H2,8,13)(H,10,14). The lowest BCUT2D eigenvalue weighted by molar-refractivity contribution is -0.125. The molecule has 8 nitrogen and oxygen atoms in total. The van der Waals surface area contributed by atoms with Crippen molar-refractivity contribution in [1.29, 1.82) is 0 Å². The molecule has 0 rings (SSSR count). The molecule has 0 aliphatic carbocycles. The summed E-state index contributed by atoms with van der Waals surface area (Å²) in [7, 11) is 0. The van der Waals surface area contributed by atoms with Crippen molar-refractivity contribution >= 4 is 17.7 Å². The average Bonchev–Trinajstić information content (AvgIpc) is 2.01. The highest BCUT2D eigenvalue weighted by Gasteiger charge is 2.14. The first kappa shape index (κ1) is 12.3. The van der Waals surface area contributed by atoms with Crippen LogP contribution in [0.25, 0.3) is 0 Å². The lowest BCUT2D eigenvalue weighted by atomic mass is 10.4. The van der Waals surface area contributed by atoms with Crippen LogP contribution in [0.5, 0.6) is 0 Å². The SMILES string of the molecule is NNC(=O)CN(CC(N)=O)CC(N)=O. The molecule has 14 heavy (non-hydrogen) atoms. The van der Waals surface area contributed by atoms with Gasteiger partial charge in [0.1, 0.15) is 0 Å². The topological polar surface area (TPSA) is 145 Å². The average molecular weight is 203 g/mol. The van der Waals surface area contributed by atoms with Crippen molar-refractivity contribution in [1.82, 2.24) is 10.3 Å². The van der Waals surface area contributed by atoms with Crippen molar-refractivity contribution in [3.8, 4) is 0 Å². The van der Waals surface area contributed by atoms with E-state index in [0.29, 0.717) is 0 Å². The fraction of sp³-hybridized carbons (Fsp3) is 0.500. The molecule has 0 spiro atoms. The van der Waals surface area contributed by atoms with Crippen molar-refractivity contribution in [2.45, 2.75) is 0 Å². The Morgan fingerprint density at radius 2 is 1.43 bits per heavy atom. The third-order valence-corrected chi connectivity index (χ3v) is 1.29. The van der Waals surface area contributed by atoms with Gasteiger partial charge in [0.15, 0.2) is 0 Å². The van der Waals surface area contributed by atoms with E-state index in [1.54, 1.807) is 0 Å². The predicted molar refractivity (Wildman–Crippen MR) is 47.2 cm³/mol. The summed E-state index contributed by atoms with van der Waals surface area (Å²) in [4.78, 5) is 33.0. The zero-order valence-electron chi connectivity index (χ0n) is 7.53. The van der Waals surface area contributed by atoms with Crippen LogP contribution >= 0.6 is 0 Å². The molecule has 0 heterocycles. The Labute approximate surface area is 80.3 Å². The monoisotopic (exact) mass is 203 g/mol. The van der Waals surface area contributed by atoms with Gasteiger partial charge < -0.3 is 11.5 Å². The summed E-state index contributed by atoms with van der Waals surface area (Å²) >= 11 is 0. The number of rotatable bonds is 6. The van der Waals surface area contributed by atoms with Crippen molar-refractivity contribution in [3.63, 3.8) is 0 Å². The van der Waals surface area contributed by atoms with Gasteiger partial charge in [0.25, 0.3) is 0 Å². The molecule has 8 heteroatoms. The van der Waals surface area contributed by atoms with Gasteiger partial charge in [-0.2, -0.15) is 0 Å². The first-order valence-corrected chi connectivity index (χ1v) is 3.74. The van der Waals surface area contributed by atoms with E-state index in [0.717, 1.165) is 0 Å². The van der Waals surface area contributed by atoms with Gasteiger partial charge in [-0.3, -0.25) is 24.7 Å². The number of carbonyl (C=O) groups excluding carboxylic acids is 3. The van der Waals surface area contributed by atoms with Crippen LogP contribution < -0.4 is 22.7 Å². The Morgan fingerprint density at radius 3 is 1.71 bits per heavy atom. The molecule has 0 fully saturated rings. The highest BCUT2D eigenvalue weighted by Crippen LogP contribution is 1.86. The van der Waals surface area contributed by atoms with Gasteiger partial charge in [-0.25, -0.2) is 5.84 Å². The molecule has 0 atom stereocenters. The fourth-order valence-corrected chi connectivity index (χ4v) is 0.857. The van der Waals surface area contributed by atoms with Gasteiger partial charge in [-0.15, -0.1) is 0 Å². The third-order valence-electron chi connectivity index (χ3n) is 1.29. The Bertz CT molecular complexity index is 226. The smallest absolute Gasteiger partial charge is 0.248 e. The number of hydrazine groups is 1. The molecule has 0 unspecified atom stereocenters. The molecule has 0 bridgehead atoms. The van der Waals surface area contributed by atoms with E-state index in [-0.39, 0.29) is 19.6 Å². The Hall–Kier alpha value is -1.67. The lowest BCUT2D eigenvalue weighted by Gasteiger charge is -2.17. The number of hydrogen-bond acceptors (Lipinski definition) is 5. The number of carbonyl (C=O) groups is 3. The molecule has 0 aliphatic heterocycles. The van der Waals surface area contributed by atoms with Crippen molar-refractivity contribution in [3.05, 3.63) is 0 Å². The van der Waals surface area contributed by atoms with Gasteiger partial charge >= 0.3 is 0 Å². The van der Waals surface area contributed by atoms with E-state index in [4.69, 9.17) is 17.3 Å². The number of hydrogen-bond donors (Lipinski definition) is 4. The minimum absolute atomic E-state index is 0.206. The molecule has 80 valence electrons. The lowest BCUT2D eigenvalue weighted by Crippen LogP contribution is -2.46. The summed E-state index contributed by atoms with van der Waals surface area (Å²) in [5, 5.41) is 0. The van der Waals surface area contributed by atoms with E-state index in [9.17, 15) is 14.4 Å². The van der Waals surface area contributed by atoms with Gasteiger partial charge in [0.05, 0.1) is 19.6 Å². The molecule has 0 aromatic heterocycles. The van der Waals surface area contributed by atoms with Gasteiger partial charge in [-0.1, -0.05) is 0 Å². The van der Waals surface area contributed by atoms with Crippen LogP contribution in [0, 0.1) is 0 Å². The molecule has 0 aromatic rings. The van der Waals surface area contributed by atoms with Crippen LogP contribution in [0.3, 0.4) is 0 Å². The second-order valence-electron chi connectivity index (χ2n) is 2.65. The Balaban J connectivity index is 4.16. The van der Waals surface area contributed by atoms with Gasteiger partial charge in [-0.05, 0) is 0 Å². The molecule has 0 radical (unpaired) electrons. The van der Waals surface area contributed by atoms with Gasteiger partial charge in [0, 0.05) is 0 Å². The van der Waals surface area contributed by atoms with E-state index in [1.807, 2.05) is 5.43 Å². The maximum absolute atomic E-state index is 10.8. The summed E-state index contributed by atoms with van der Waals surface area (Å²) in [6, 6.07) is 0. The molecular weight excluding hydrogens is 190 g/mol. The number of amides is 3. The third kappa shape index (κ3) is 5.91. The molecule has 0 saturated heterocycles. The molecule has 3 amide bonds. The Kier molecular flexibility index (Phi) is 5.19. The van der Waals surface area contributed by atoms with E-state index < -0.39 is 17.7 Å². The zero-order valence-corrected chi connectivity index (χ0v) is 7.53. The molecule has 0 saturated carbocycles. The number of primary amides is 2. The van der Waals surface area contributed by atoms with Crippen LogP contribution in [0.2, 0.25) is 0 Å². The number of nitrogens with one attached hydrogen (secondary N) is 1. The van der Waals surface area contributed by atoms with E-state index in [1.165, 1.54) is 4.90 Å².